The largest absolute Gasteiger partial charge is 0.483 e. The summed E-state index contributed by atoms with van der Waals surface area (Å²) in [5.74, 6) is 1.21. The standard InChI is InChI=1S/C18H17N3O4/c1-3-13-7-9-14(10-8-13)18-19-17(25-20-18)11-24-16-6-4-5-15(12(16)2)21(22)23/h4-10H,3,11H2,1-2H3. The number of aryl methyl sites for hydroxylation is 1. The van der Waals surface area contributed by atoms with E-state index >= 15 is 0 Å². The van der Waals surface area contributed by atoms with Gasteiger partial charge in [-0.25, -0.2) is 0 Å². The molecule has 0 unspecified atom stereocenters. The molecule has 3 aromatic rings. The number of nitro groups is 1. The number of nitro benzene ring substituents is 1. The highest BCUT2D eigenvalue weighted by Gasteiger charge is 2.15. The van der Waals surface area contributed by atoms with E-state index in [1.165, 1.54) is 11.6 Å². The van der Waals surface area contributed by atoms with Gasteiger partial charge in [-0.1, -0.05) is 42.4 Å². The molecule has 0 saturated carbocycles. The Bertz CT molecular complexity index is 888. The number of hydrogen-bond acceptors (Lipinski definition) is 6. The lowest BCUT2D eigenvalue weighted by Crippen LogP contribution is -1.99. The van der Waals surface area contributed by atoms with Gasteiger partial charge in [0.05, 0.1) is 10.5 Å². The smallest absolute Gasteiger partial charge is 0.276 e. The average molecular weight is 339 g/mol. The van der Waals surface area contributed by atoms with Crippen LogP contribution in [0.3, 0.4) is 0 Å². The van der Waals surface area contributed by atoms with Gasteiger partial charge < -0.3 is 9.26 Å². The minimum Gasteiger partial charge on any atom is -0.483 e. The molecule has 0 aliphatic rings. The third-order valence-corrected chi connectivity index (χ3v) is 3.89. The van der Waals surface area contributed by atoms with Gasteiger partial charge in [0, 0.05) is 11.6 Å². The molecule has 0 amide bonds. The molecule has 0 atom stereocenters. The highest BCUT2D eigenvalue weighted by molar-refractivity contribution is 5.54. The zero-order chi connectivity index (χ0) is 17.8. The van der Waals surface area contributed by atoms with E-state index in [4.69, 9.17) is 9.26 Å². The summed E-state index contributed by atoms with van der Waals surface area (Å²) in [6.45, 7) is 3.78. The summed E-state index contributed by atoms with van der Waals surface area (Å²) in [4.78, 5) is 14.8. The Labute approximate surface area is 144 Å². The number of benzene rings is 2. The van der Waals surface area contributed by atoms with E-state index in [0.717, 1.165) is 12.0 Å². The zero-order valence-corrected chi connectivity index (χ0v) is 13.9. The molecule has 7 heteroatoms. The molecular weight excluding hydrogens is 322 g/mol. The summed E-state index contributed by atoms with van der Waals surface area (Å²) >= 11 is 0. The fourth-order valence-corrected chi connectivity index (χ4v) is 2.42. The zero-order valence-electron chi connectivity index (χ0n) is 13.9. The van der Waals surface area contributed by atoms with Crippen molar-refractivity contribution in [2.24, 2.45) is 0 Å². The molecule has 7 nitrogen and oxygen atoms in total. The fourth-order valence-electron chi connectivity index (χ4n) is 2.42. The first-order valence-corrected chi connectivity index (χ1v) is 7.87. The second kappa shape index (κ2) is 7.12. The Kier molecular flexibility index (Phi) is 4.74. The van der Waals surface area contributed by atoms with Crippen LogP contribution in [-0.4, -0.2) is 15.1 Å². The Morgan fingerprint density at radius 3 is 2.64 bits per heavy atom. The summed E-state index contributed by atoms with van der Waals surface area (Å²) in [5.41, 5.74) is 2.57. The van der Waals surface area contributed by atoms with E-state index in [1.54, 1.807) is 19.1 Å². The lowest BCUT2D eigenvalue weighted by molar-refractivity contribution is -0.385. The van der Waals surface area contributed by atoms with Gasteiger partial charge in [0.25, 0.3) is 11.6 Å². The van der Waals surface area contributed by atoms with Crippen molar-refractivity contribution in [1.82, 2.24) is 10.1 Å². The van der Waals surface area contributed by atoms with Gasteiger partial charge in [-0.15, -0.1) is 0 Å². The quantitative estimate of drug-likeness (QED) is 0.496. The van der Waals surface area contributed by atoms with E-state index in [9.17, 15) is 10.1 Å². The molecule has 0 aliphatic heterocycles. The van der Waals surface area contributed by atoms with E-state index in [0.29, 0.717) is 23.0 Å². The summed E-state index contributed by atoms with van der Waals surface area (Å²) in [6.07, 6.45) is 0.966. The second-order valence-corrected chi connectivity index (χ2v) is 5.51. The van der Waals surface area contributed by atoms with Gasteiger partial charge in [0.2, 0.25) is 5.82 Å². The molecule has 0 N–H and O–H groups in total. The summed E-state index contributed by atoms with van der Waals surface area (Å²) in [6, 6.07) is 12.6. The number of ether oxygens (including phenoxy) is 1. The number of aromatic nitrogens is 2. The predicted octanol–water partition coefficient (Wildman–Crippen LogP) is 4.09. The summed E-state index contributed by atoms with van der Waals surface area (Å²) in [7, 11) is 0. The number of nitrogens with zero attached hydrogens (tertiary/aromatic N) is 3. The van der Waals surface area contributed by atoms with Gasteiger partial charge in [-0.05, 0) is 25.0 Å². The van der Waals surface area contributed by atoms with E-state index in [2.05, 4.69) is 17.1 Å². The highest BCUT2D eigenvalue weighted by atomic mass is 16.6. The molecule has 0 spiro atoms. The van der Waals surface area contributed by atoms with Crippen LogP contribution >= 0.6 is 0 Å². The second-order valence-electron chi connectivity index (χ2n) is 5.51. The molecule has 128 valence electrons. The van der Waals surface area contributed by atoms with Crippen LogP contribution in [0.4, 0.5) is 5.69 Å². The van der Waals surface area contributed by atoms with Crippen molar-refractivity contribution < 1.29 is 14.2 Å². The fraction of sp³-hybridized carbons (Fsp3) is 0.222. The van der Waals surface area contributed by atoms with Crippen molar-refractivity contribution in [3.8, 4) is 17.1 Å². The first-order valence-electron chi connectivity index (χ1n) is 7.87. The Morgan fingerprint density at radius 2 is 1.96 bits per heavy atom. The van der Waals surface area contributed by atoms with Gasteiger partial charge in [-0.3, -0.25) is 10.1 Å². The Morgan fingerprint density at radius 1 is 1.20 bits per heavy atom. The van der Waals surface area contributed by atoms with E-state index in [-0.39, 0.29) is 12.3 Å². The monoisotopic (exact) mass is 339 g/mol. The first-order chi connectivity index (χ1) is 12.1. The predicted molar refractivity (Wildman–Crippen MR) is 91.3 cm³/mol. The van der Waals surface area contributed by atoms with Crippen molar-refractivity contribution in [2.75, 3.05) is 0 Å². The molecule has 0 fully saturated rings. The van der Waals surface area contributed by atoms with Crippen LogP contribution in [0.25, 0.3) is 11.4 Å². The molecule has 1 aromatic heterocycles. The SMILES string of the molecule is CCc1ccc(-c2noc(COc3cccc([N+](=O)[O-])c3C)n2)cc1. The van der Waals surface area contributed by atoms with E-state index in [1.807, 2.05) is 24.3 Å². The van der Waals surface area contributed by atoms with Crippen LogP contribution in [0.5, 0.6) is 5.75 Å². The molecule has 0 bridgehead atoms. The third kappa shape index (κ3) is 3.65. The molecule has 1 heterocycles. The maximum absolute atomic E-state index is 11.0. The topological polar surface area (TPSA) is 91.3 Å². The van der Waals surface area contributed by atoms with Gasteiger partial charge in [-0.2, -0.15) is 4.98 Å². The van der Waals surface area contributed by atoms with Crippen LogP contribution in [0.15, 0.2) is 47.0 Å². The van der Waals surface area contributed by atoms with Crippen molar-refractivity contribution >= 4 is 5.69 Å². The normalized spacial score (nSPS) is 10.6. The summed E-state index contributed by atoms with van der Waals surface area (Å²) < 4.78 is 10.8. The number of rotatable bonds is 6. The lowest BCUT2D eigenvalue weighted by Gasteiger charge is -2.06. The van der Waals surface area contributed by atoms with Crippen LogP contribution in [0, 0.1) is 17.0 Å². The molecule has 0 saturated heterocycles. The molecule has 25 heavy (non-hydrogen) atoms. The highest BCUT2D eigenvalue weighted by Crippen LogP contribution is 2.27. The lowest BCUT2D eigenvalue weighted by atomic mass is 10.1. The molecule has 0 aliphatic carbocycles. The molecule has 0 radical (unpaired) electrons. The van der Waals surface area contributed by atoms with Gasteiger partial charge in [0.1, 0.15) is 5.75 Å². The maximum Gasteiger partial charge on any atom is 0.276 e. The van der Waals surface area contributed by atoms with Gasteiger partial charge in [0.15, 0.2) is 6.61 Å². The Balaban J connectivity index is 1.72. The van der Waals surface area contributed by atoms with Crippen molar-refractivity contribution in [3.63, 3.8) is 0 Å². The van der Waals surface area contributed by atoms with Crippen LogP contribution in [0.2, 0.25) is 0 Å². The Hall–Kier alpha value is -3.22. The molecule has 3 rings (SSSR count). The molecular formula is C18H17N3O4. The minimum atomic E-state index is -0.438. The van der Waals surface area contributed by atoms with E-state index < -0.39 is 4.92 Å². The third-order valence-electron chi connectivity index (χ3n) is 3.89. The van der Waals surface area contributed by atoms with Gasteiger partial charge >= 0.3 is 0 Å². The molecule has 2 aromatic carbocycles. The summed E-state index contributed by atoms with van der Waals surface area (Å²) in [5, 5.41) is 14.9. The van der Waals surface area contributed by atoms with Crippen LogP contribution < -0.4 is 4.74 Å². The van der Waals surface area contributed by atoms with Crippen molar-refractivity contribution in [3.05, 3.63) is 69.6 Å². The average Bonchev–Trinajstić information content (AvgIpc) is 3.09. The van der Waals surface area contributed by atoms with Crippen molar-refractivity contribution in [1.29, 1.82) is 0 Å². The first kappa shape index (κ1) is 16.6. The number of hydrogen-bond donors (Lipinski definition) is 0. The minimum absolute atomic E-state index is 0.0136. The van der Waals surface area contributed by atoms with Crippen LogP contribution in [0.1, 0.15) is 23.9 Å². The van der Waals surface area contributed by atoms with Crippen molar-refractivity contribution in [2.45, 2.75) is 26.9 Å². The van der Waals surface area contributed by atoms with Crippen LogP contribution in [-0.2, 0) is 13.0 Å². The maximum atomic E-state index is 11.0.